The molecule has 0 atom stereocenters. The third-order valence-corrected chi connectivity index (χ3v) is 3.47. The van der Waals surface area contributed by atoms with Crippen LogP contribution in [0, 0.1) is 0 Å². The minimum atomic E-state index is -9.24. The number of rotatable bonds is 7. The smallest absolute Gasteiger partial charge is 0.192 e. The van der Waals surface area contributed by atoms with Crippen molar-refractivity contribution in [3.05, 3.63) is 0 Å². The van der Waals surface area contributed by atoms with Crippen LogP contribution in [0.25, 0.3) is 0 Å². The second-order valence-electron chi connectivity index (χ2n) is 5.69. The fourth-order valence-electron chi connectivity index (χ4n) is 1.54. The molecule has 0 aliphatic carbocycles. The Hall–Kier alpha value is -0.743. The molecule has 25 heteroatoms. The first-order valence-electron chi connectivity index (χ1n) is 6.94. The second-order valence-corrected chi connectivity index (χ2v) is 8.32. The van der Waals surface area contributed by atoms with Gasteiger partial charge in [-0.3, -0.25) is 0 Å². The van der Waals surface area contributed by atoms with Crippen LogP contribution in [-0.4, -0.2) is 67.9 Å². The fourth-order valence-corrected chi connectivity index (χ4v) is 1.54. The molecule has 214 valence electrons. The van der Waals surface area contributed by atoms with Crippen molar-refractivity contribution in [1.82, 2.24) is 0 Å². The largest absolute Gasteiger partial charge is 0.460 e. The summed E-state index contributed by atoms with van der Waals surface area (Å²) >= 11 is 9.81. The van der Waals surface area contributed by atoms with E-state index >= 15 is 0 Å². The lowest BCUT2D eigenvalue weighted by molar-refractivity contribution is -0.478. The lowest BCUT2D eigenvalue weighted by Gasteiger charge is -2.43. The van der Waals surface area contributed by atoms with Gasteiger partial charge in [0, 0.05) is 0 Å². The average molecular weight is 639 g/mol. The molecule has 0 aromatic carbocycles. The molecular formula is C10H2Cl2F22Si. The molecule has 0 radical (unpaired) electrons. The van der Waals surface area contributed by atoms with E-state index in [1.807, 2.05) is 0 Å². The zero-order valence-corrected chi connectivity index (χ0v) is 17.7. The molecule has 0 aliphatic rings. The first kappa shape index (κ1) is 36.4. The van der Waals surface area contributed by atoms with Gasteiger partial charge in [0.2, 0.25) is 8.14 Å². The minimum absolute atomic E-state index is 0.639. The van der Waals surface area contributed by atoms with Gasteiger partial charge in [0.05, 0.1) is 0 Å². The number of hydrogen-bond acceptors (Lipinski definition) is 0. The van der Waals surface area contributed by atoms with Crippen LogP contribution < -0.4 is 0 Å². The summed E-state index contributed by atoms with van der Waals surface area (Å²) in [4.78, 5) is 0. The van der Waals surface area contributed by atoms with Crippen molar-refractivity contribution in [2.75, 3.05) is 0 Å². The first-order chi connectivity index (χ1) is 14.7. The van der Waals surface area contributed by atoms with Crippen LogP contribution in [0.1, 0.15) is 0 Å². The molecule has 0 fully saturated rings. The van der Waals surface area contributed by atoms with Gasteiger partial charge in [-0.15, -0.1) is 0 Å². The second kappa shape index (κ2) is 9.53. The van der Waals surface area contributed by atoms with Gasteiger partial charge in [-0.2, -0.15) is 119 Å². The van der Waals surface area contributed by atoms with Gasteiger partial charge in [0.25, 0.3) is 0 Å². The van der Waals surface area contributed by atoms with E-state index in [1.54, 1.807) is 0 Å². The highest BCUT2D eigenvalue weighted by molar-refractivity contribution is 7.22. The zero-order chi connectivity index (χ0) is 29.7. The zero-order valence-electron chi connectivity index (χ0n) is 14.8. The van der Waals surface area contributed by atoms with E-state index in [9.17, 15) is 96.6 Å². The molecule has 0 heterocycles. The molecule has 0 N–H and O–H groups in total. The molecule has 0 saturated heterocycles. The Balaban J connectivity index is 0. The van der Waals surface area contributed by atoms with Crippen LogP contribution in [0.4, 0.5) is 96.6 Å². The van der Waals surface area contributed by atoms with Gasteiger partial charge in [-0.05, 0) is 0 Å². The summed E-state index contributed by atoms with van der Waals surface area (Å²) in [5.74, 6) is -71.5. The molecule has 0 spiro atoms. The Bertz CT molecular complexity index is 659. The summed E-state index contributed by atoms with van der Waals surface area (Å²) < 4.78 is 276. The van der Waals surface area contributed by atoms with E-state index in [2.05, 4.69) is 0 Å². The highest BCUT2D eigenvalue weighted by Gasteiger charge is 2.98. The summed E-state index contributed by atoms with van der Waals surface area (Å²) in [6.07, 6.45) is -16.1. The molecule has 0 rings (SSSR count). The van der Waals surface area contributed by atoms with Crippen LogP contribution in [-0.2, 0) is 0 Å². The Morgan fingerprint density at radius 1 is 0.257 bits per heavy atom. The molecule has 0 aliphatic heterocycles. The van der Waals surface area contributed by atoms with Gasteiger partial charge in [0.15, 0.2) is 0 Å². The normalized spacial score (nSPS) is 16.1. The van der Waals surface area contributed by atoms with Crippen molar-refractivity contribution in [2.24, 2.45) is 0 Å². The molecule has 0 aromatic rings. The number of hydrogen-bond donors (Lipinski definition) is 0. The number of alkyl halides is 22. The molecule has 35 heavy (non-hydrogen) atoms. The van der Waals surface area contributed by atoms with Gasteiger partial charge in [0.1, 0.15) is 0 Å². The predicted octanol–water partition coefficient (Wildman–Crippen LogP) is 7.66. The molecule has 0 nitrogen and oxygen atoms in total. The Labute approximate surface area is 187 Å². The Kier molecular flexibility index (Phi) is 9.92. The van der Waals surface area contributed by atoms with Gasteiger partial charge >= 0.3 is 59.7 Å². The lowest BCUT2D eigenvalue weighted by atomic mass is 9.87. The highest BCUT2D eigenvalue weighted by Crippen LogP contribution is 2.66. The van der Waals surface area contributed by atoms with Gasteiger partial charge < -0.3 is 0 Å². The SMILES string of the molecule is Cl[SiH2]Cl.FC(F)(F)C(F)(F)C(F)(F)C(F)(F)C(F)(F)C(F)(F)C(F)(F)C(F)(F)C(F)(F)C(F)(F)F. The maximum Gasteiger partial charge on any atom is 0.460 e. The van der Waals surface area contributed by atoms with Crippen LogP contribution in [0.15, 0.2) is 0 Å². The van der Waals surface area contributed by atoms with Crippen molar-refractivity contribution in [3.8, 4) is 0 Å². The molecular weight excluding hydrogens is 637 g/mol. The van der Waals surface area contributed by atoms with Crippen molar-refractivity contribution >= 4 is 30.3 Å². The van der Waals surface area contributed by atoms with E-state index in [0.29, 0.717) is 0 Å². The first-order valence-corrected chi connectivity index (χ1v) is 11.2. The van der Waals surface area contributed by atoms with Crippen LogP contribution in [0.3, 0.4) is 0 Å². The summed E-state index contributed by atoms with van der Waals surface area (Å²) in [5, 5.41) is 0. The van der Waals surface area contributed by atoms with E-state index in [1.165, 1.54) is 0 Å². The van der Waals surface area contributed by atoms with E-state index in [4.69, 9.17) is 22.2 Å². The van der Waals surface area contributed by atoms with Gasteiger partial charge in [-0.1, -0.05) is 0 Å². The molecule has 0 aromatic heterocycles. The van der Waals surface area contributed by atoms with Crippen molar-refractivity contribution in [1.29, 1.82) is 0 Å². The summed E-state index contributed by atoms with van der Waals surface area (Å²) in [6, 6.07) is 0. The predicted molar refractivity (Wildman–Crippen MR) is 71.9 cm³/mol. The Morgan fingerprint density at radius 3 is 0.429 bits per heavy atom. The quantitative estimate of drug-likeness (QED) is 0.153. The number of halogens is 24. The molecule has 0 saturated carbocycles. The van der Waals surface area contributed by atoms with E-state index in [0.717, 1.165) is 0 Å². The standard InChI is InChI=1S/C10F22.Cl2H2Si/c11-1(12,3(15,16)5(19,20)7(23,24)9(27,28)29)2(13,14)4(17,18)6(21,22)8(25,26)10(30,31)32;1-3-2/h;3H2. The van der Waals surface area contributed by atoms with Crippen LogP contribution >= 0.6 is 22.2 Å². The monoisotopic (exact) mass is 638 g/mol. The van der Waals surface area contributed by atoms with E-state index < -0.39 is 67.9 Å². The van der Waals surface area contributed by atoms with Gasteiger partial charge in [-0.25, -0.2) is 0 Å². The summed E-state index contributed by atoms with van der Waals surface area (Å²) in [5.41, 5.74) is 0. The third kappa shape index (κ3) is 5.04. The molecule has 0 bridgehead atoms. The molecule has 0 amide bonds. The van der Waals surface area contributed by atoms with Crippen molar-refractivity contribution < 1.29 is 96.6 Å². The lowest BCUT2D eigenvalue weighted by Crippen LogP contribution is -2.76. The highest BCUT2D eigenvalue weighted by atomic mass is 35.7. The fraction of sp³-hybridized carbons (Fsp3) is 1.00. The summed E-state index contributed by atoms with van der Waals surface area (Å²) in [6.45, 7) is 0. The van der Waals surface area contributed by atoms with Crippen LogP contribution in [0.2, 0.25) is 0 Å². The summed E-state index contributed by atoms with van der Waals surface area (Å²) in [7, 11) is -0.639. The maximum atomic E-state index is 13.1. The average Bonchev–Trinajstić information content (AvgIpc) is 2.59. The minimum Gasteiger partial charge on any atom is -0.192 e. The van der Waals surface area contributed by atoms with E-state index in [-0.39, 0.29) is 0 Å². The van der Waals surface area contributed by atoms with Crippen molar-refractivity contribution in [3.63, 3.8) is 0 Å². The maximum absolute atomic E-state index is 13.1. The Morgan fingerprint density at radius 2 is 0.343 bits per heavy atom. The molecule has 0 unspecified atom stereocenters. The van der Waals surface area contributed by atoms with Crippen molar-refractivity contribution in [2.45, 2.75) is 59.7 Å². The topological polar surface area (TPSA) is 0 Å². The van der Waals surface area contributed by atoms with Crippen LogP contribution in [0.5, 0.6) is 0 Å². The third-order valence-electron chi connectivity index (χ3n) is 3.47.